The number of rotatable bonds is 5. The van der Waals surface area contributed by atoms with E-state index >= 15 is 0 Å². The molecule has 0 aliphatic rings. The van der Waals surface area contributed by atoms with Crippen molar-refractivity contribution in [2.45, 2.75) is 47.6 Å². The van der Waals surface area contributed by atoms with Gasteiger partial charge in [-0.15, -0.1) is 11.8 Å². The van der Waals surface area contributed by atoms with E-state index in [2.05, 4.69) is 0 Å². The minimum Gasteiger partial charge on any atom is -0.373 e. The summed E-state index contributed by atoms with van der Waals surface area (Å²) in [6.07, 6.45) is -3.65. The number of carbonyl (C=O) groups excluding carboxylic acids is 1. The number of aliphatic hydroxyl groups is 1. The molecule has 0 aromatic heterocycles. The normalized spacial score (nSPS) is 15.1. The largest absolute Gasteiger partial charge is 0.426 e. The summed E-state index contributed by atoms with van der Waals surface area (Å²) in [6, 6.07) is 2.24. The van der Waals surface area contributed by atoms with Gasteiger partial charge in [0.1, 0.15) is 0 Å². The van der Waals surface area contributed by atoms with E-state index < -0.39 is 32.8 Å². The Bertz CT molecular complexity index is 777. The Morgan fingerprint density at radius 3 is 2.24 bits per heavy atom. The van der Waals surface area contributed by atoms with Crippen LogP contribution >= 0.6 is 23.4 Å². The fourth-order valence-electron chi connectivity index (χ4n) is 1.68. The molecule has 1 aromatic rings. The lowest BCUT2D eigenvalue weighted by Gasteiger charge is -2.25. The van der Waals surface area contributed by atoms with E-state index in [0.29, 0.717) is 6.92 Å². The van der Waals surface area contributed by atoms with Gasteiger partial charge >= 0.3 is 6.18 Å². The number of amides is 1. The smallest absolute Gasteiger partial charge is 0.373 e. The van der Waals surface area contributed by atoms with Crippen LogP contribution in [0.2, 0.25) is 5.02 Å². The van der Waals surface area contributed by atoms with Crippen LogP contribution in [0.5, 0.6) is 0 Å². The van der Waals surface area contributed by atoms with Gasteiger partial charge in [-0.05, 0) is 39.2 Å². The minimum absolute atomic E-state index is 0.0828. The number of carbonyl (C=O) groups is 1. The molecule has 0 saturated heterocycles. The third-order valence-electron chi connectivity index (χ3n) is 3.43. The molecule has 11 heteroatoms. The van der Waals surface area contributed by atoms with Crippen molar-refractivity contribution in [2.75, 3.05) is 11.6 Å². The zero-order valence-corrected chi connectivity index (χ0v) is 16.1. The van der Waals surface area contributed by atoms with Crippen LogP contribution in [0.25, 0.3) is 0 Å². The first-order valence-electron chi connectivity index (χ1n) is 6.88. The van der Waals surface area contributed by atoms with Crippen LogP contribution in [0.1, 0.15) is 20.8 Å². The van der Waals surface area contributed by atoms with Crippen LogP contribution in [-0.4, -0.2) is 42.7 Å². The second-order valence-electron chi connectivity index (χ2n) is 5.58. The summed E-state index contributed by atoms with van der Waals surface area (Å²) in [4.78, 5) is 11.8. The number of hydrogen-bond donors (Lipinski definition) is 2. The lowest BCUT2D eigenvalue weighted by molar-refractivity contribution is -0.242. The number of hydrogen-bond acceptors (Lipinski definition) is 5. The molecule has 1 rings (SSSR count). The van der Waals surface area contributed by atoms with Crippen LogP contribution < -0.4 is 5.32 Å². The number of thioether (sulfide) groups is 1. The number of benzene rings is 1. The van der Waals surface area contributed by atoms with Gasteiger partial charge in [-0.3, -0.25) is 4.79 Å². The lowest BCUT2D eigenvalue weighted by Crippen LogP contribution is -2.52. The Morgan fingerprint density at radius 1 is 1.32 bits per heavy atom. The van der Waals surface area contributed by atoms with Gasteiger partial charge in [0.05, 0.1) is 20.9 Å². The predicted molar refractivity (Wildman–Crippen MR) is 90.9 cm³/mol. The molecule has 0 fully saturated rings. The topological polar surface area (TPSA) is 83.5 Å². The molecule has 0 heterocycles. The number of anilines is 1. The Balaban J connectivity index is 3.37. The standard InChI is InChI=1S/C14H17ClF3NO4S2/c1-7(2)25(22,23)9-6-5-8(10(15)11(9)24-4)19-12(20)13(3,21)14(16,17)18/h5-7,21H,1-4H3,(H,19,20)/t13-/m1/s1. The SMILES string of the molecule is CSc1c(S(=O)(=O)C(C)C)ccc(NC(=O)[C@@](C)(O)C(F)(F)F)c1Cl. The van der Waals surface area contributed by atoms with Gasteiger partial charge in [0, 0.05) is 4.90 Å². The van der Waals surface area contributed by atoms with Gasteiger partial charge in [-0.25, -0.2) is 8.42 Å². The minimum atomic E-state index is -5.19. The molecule has 0 aliphatic heterocycles. The van der Waals surface area contributed by atoms with Crippen molar-refractivity contribution in [3.05, 3.63) is 17.2 Å². The van der Waals surface area contributed by atoms with Gasteiger partial charge in [0.25, 0.3) is 5.91 Å². The van der Waals surface area contributed by atoms with Crippen molar-refractivity contribution in [1.82, 2.24) is 0 Å². The highest BCUT2D eigenvalue weighted by atomic mass is 35.5. The third-order valence-corrected chi connectivity index (χ3v) is 7.10. The Labute approximate surface area is 152 Å². The average Bonchev–Trinajstić information content (AvgIpc) is 2.47. The Kier molecular flexibility index (Phi) is 6.48. The lowest BCUT2D eigenvalue weighted by atomic mass is 10.1. The van der Waals surface area contributed by atoms with Crippen molar-refractivity contribution in [2.24, 2.45) is 0 Å². The number of alkyl halides is 3. The van der Waals surface area contributed by atoms with Crippen LogP contribution in [0.4, 0.5) is 18.9 Å². The molecule has 0 unspecified atom stereocenters. The molecule has 2 N–H and O–H groups in total. The summed E-state index contributed by atoms with van der Waals surface area (Å²) < 4.78 is 62.8. The monoisotopic (exact) mass is 419 g/mol. The molecule has 0 radical (unpaired) electrons. The third kappa shape index (κ3) is 4.24. The fraction of sp³-hybridized carbons (Fsp3) is 0.500. The molecule has 0 saturated carbocycles. The highest BCUT2D eigenvalue weighted by Gasteiger charge is 2.55. The van der Waals surface area contributed by atoms with E-state index in [4.69, 9.17) is 11.6 Å². The van der Waals surface area contributed by atoms with E-state index in [-0.39, 0.29) is 20.5 Å². The molecular formula is C14H17ClF3NO4S2. The van der Waals surface area contributed by atoms with E-state index in [1.165, 1.54) is 20.1 Å². The van der Waals surface area contributed by atoms with Crippen molar-refractivity contribution in [3.8, 4) is 0 Å². The van der Waals surface area contributed by atoms with Crippen LogP contribution in [0, 0.1) is 0 Å². The molecule has 0 spiro atoms. The van der Waals surface area contributed by atoms with Gasteiger partial charge in [0.15, 0.2) is 9.84 Å². The maximum atomic E-state index is 12.7. The van der Waals surface area contributed by atoms with Crippen LogP contribution in [-0.2, 0) is 14.6 Å². The summed E-state index contributed by atoms with van der Waals surface area (Å²) in [5, 5.41) is 10.3. The molecule has 0 aliphatic carbocycles. The first-order valence-corrected chi connectivity index (χ1v) is 10.0. The molecule has 1 atom stereocenters. The second-order valence-corrected chi connectivity index (χ2v) is 9.24. The van der Waals surface area contributed by atoms with Gasteiger partial charge in [0.2, 0.25) is 5.60 Å². The van der Waals surface area contributed by atoms with Crippen molar-refractivity contribution < 1.29 is 31.5 Å². The Hall–Kier alpha value is -0.970. The average molecular weight is 420 g/mol. The zero-order valence-electron chi connectivity index (χ0n) is 13.7. The first-order chi connectivity index (χ1) is 11.2. The van der Waals surface area contributed by atoms with E-state index in [9.17, 15) is 31.5 Å². The number of sulfone groups is 1. The van der Waals surface area contributed by atoms with Crippen molar-refractivity contribution in [1.29, 1.82) is 0 Å². The molecule has 1 aromatic carbocycles. The summed E-state index contributed by atoms with van der Waals surface area (Å²) in [5.41, 5.74) is -3.86. The number of halogens is 4. The summed E-state index contributed by atoms with van der Waals surface area (Å²) in [6.45, 7) is 3.26. The quantitative estimate of drug-likeness (QED) is 0.714. The highest BCUT2D eigenvalue weighted by molar-refractivity contribution is 7.99. The van der Waals surface area contributed by atoms with Gasteiger partial charge < -0.3 is 10.4 Å². The highest BCUT2D eigenvalue weighted by Crippen LogP contribution is 2.39. The molecule has 0 bridgehead atoms. The van der Waals surface area contributed by atoms with E-state index in [1.54, 1.807) is 0 Å². The second kappa shape index (κ2) is 7.34. The Morgan fingerprint density at radius 2 is 1.84 bits per heavy atom. The maximum absolute atomic E-state index is 12.7. The zero-order chi connectivity index (χ0) is 19.8. The fourth-order valence-corrected chi connectivity index (χ4v) is 4.46. The number of nitrogens with one attached hydrogen (secondary N) is 1. The van der Waals surface area contributed by atoms with E-state index in [1.807, 2.05) is 5.32 Å². The van der Waals surface area contributed by atoms with Gasteiger partial charge in [-0.1, -0.05) is 11.6 Å². The molecule has 25 heavy (non-hydrogen) atoms. The van der Waals surface area contributed by atoms with Crippen molar-refractivity contribution in [3.63, 3.8) is 0 Å². The summed E-state index contributed by atoms with van der Waals surface area (Å²) >= 11 is 7.04. The summed E-state index contributed by atoms with van der Waals surface area (Å²) in [7, 11) is -3.69. The summed E-state index contributed by atoms with van der Waals surface area (Å²) in [5.74, 6) is -1.73. The van der Waals surface area contributed by atoms with Crippen LogP contribution in [0.3, 0.4) is 0 Å². The van der Waals surface area contributed by atoms with E-state index in [0.717, 1.165) is 23.9 Å². The molecule has 1 amide bonds. The molecule has 5 nitrogen and oxygen atoms in total. The van der Waals surface area contributed by atoms with Crippen LogP contribution in [0.15, 0.2) is 21.9 Å². The molecule has 142 valence electrons. The first kappa shape index (κ1) is 22.1. The maximum Gasteiger partial charge on any atom is 0.426 e. The predicted octanol–water partition coefficient (Wildman–Crippen LogP) is 3.50. The van der Waals surface area contributed by atoms with Crippen molar-refractivity contribution >= 4 is 44.8 Å². The van der Waals surface area contributed by atoms with Gasteiger partial charge in [-0.2, -0.15) is 13.2 Å². The molecular weight excluding hydrogens is 403 g/mol.